The SMILES string of the molecule is CCN1CCCC(NS(=O)(=O)c2ccc(CC#N)cc2)C1. The summed E-state index contributed by atoms with van der Waals surface area (Å²) in [5, 5.41) is 8.63. The molecule has 1 aliphatic heterocycles. The number of nitriles is 1. The van der Waals surface area contributed by atoms with Gasteiger partial charge in [0.25, 0.3) is 0 Å². The van der Waals surface area contributed by atoms with Crippen LogP contribution >= 0.6 is 0 Å². The Morgan fingerprint density at radius 1 is 1.38 bits per heavy atom. The van der Waals surface area contributed by atoms with Gasteiger partial charge < -0.3 is 4.90 Å². The molecule has 1 N–H and O–H groups in total. The topological polar surface area (TPSA) is 73.2 Å². The minimum absolute atomic E-state index is 0.0255. The third kappa shape index (κ3) is 4.27. The second-order valence-corrected chi connectivity index (χ2v) is 7.05. The van der Waals surface area contributed by atoms with E-state index >= 15 is 0 Å². The second kappa shape index (κ2) is 7.03. The van der Waals surface area contributed by atoms with Crippen LogP contribution in [0.1, 0.15) is 25.3 Å². The summed E-state index contributed by atoms with van der Waals surface area (Å²) in [4.78, 5) is 2.52. The van der Waals surface area contributed by atoms with Gasteiger partial charge in [0.2, 0.25) is 10.0 Å². The average molecular weight is 307 g/mol. The number of hydrogen-bond donors (Lipinski definition) is 1. The van der Waals surface area contributed by atoms with E-state index in [1.54, 1.807) is 24.3 Å². The first-order valence-electron chi connectivity index (χ1n) is 7.25. The molecule has 1 unspecified atom stereocenters. The van der Waals surface area contributed by atoms with Gasteiger partial charge in [-0.1, -0.05) is 19.1 Å². The molecule has 21 heavy (non-hydrogen) atoms. The van der Waals surface area contributed by atoms with Gasteiger partial charge in [-0.25, -0.2) is 13.1 Å². The van der Waals surface area contributed by atoms with Gasteiger partial charge in [0, 0.05) is 12.6 Å². The monoisotopic (exact) mass is 307 g/mol. The first-order valence-corrected chi connectivity index (χ1v) is 8.74. The zero-order valence-electron chi connectivity index (χ0n) is 12.2. The van der Waals surface area contributed by atoms with Gasteiger partial charge in [0.1, 0.15) is 0 Å². The lowest BCUT2D eigenvalue weighted by Gasteiger charge is -2.32. The third-order valence-corrected chi connectivity index (χ3v) is 5.33. The lowest BCUT2D eigenvalue weighted by molar-refractivity contribution is 0.211. The van der Waals surface area contributed by atoms with Crippen molar-refractivity contribution in [2.75, 3.05) is 19.6 Å². The lowest BCUT2D eigenvalue weighted by Crippen LogP contribution is -2.47. The molecule has 1 heterocycles. The molecule has 1 saturated heterocycles. The van der Waals surface area contributed by atoms with E-state index in [0.29, 0.717) is 6.42 Å². The number of hydrogen-bond acceptors (Lipinski definition) is 4. The maximum absolute atomic E-state index is 12.4. The van der Waals surface area contributed by atoms with Crippen molar-refractivity contribution in [2.24, 2.45) is 0 Å². The number of likely N-dealkylation sites (N-methyl/N-ethyl adjacent to an activating group) is 1. The van der Waals surface area contributed by atoms with E-state index in [-0.39, 0.29) is 10.9 Å². The van der Waals surface area contributed by atoms with E-state index in [9.17, 15) is 8.42 Å². The zero-order chi connectivity index (χ0) is 15.3. The van der Waals surface area contributed by atoms with E-state index < -0.39 is 10.0 Å². The summed E-state index contributed by atoms with van der Waals surface area (Å²) in [6.07, 6.45) is 2.19. The second-order valence-electron chi connectivity index (χ2n) is 5.33. The molecule has 1 fully saturated rings. The summed E-state index contributed by atoms with van der Waals surface area (Å²) in [6, 6.07) is 8.54. The zero-order valence-corrected chi connectivity index (χ0v) is 13.1. The molecule has 6 heteroatoms. The van der Waals surface area contributed by atoms with E-state index in [1.165, 1.54) is 0 Å². The first kappa shape index (κ1) is 16.0. The minimum Gasteiger partial charge on any atom is -0.302 e. The Balaban J connectivity index is 2.05. The summed E-state index contributed by atoms with van der Waals surface area (Å²) < 4.78 is 27.5. The number of sulfonamides is 1. The molecule has 1 aromatic carbocycles. The van der Waals surface area contributed by atoms with Gasteiger partial charge in [-0.2, -0.15) is 5.26 Å². The Morgan fingerprint density at radius 3 is 2.71 bits per heavy atom. The van der Waals surface area contributed by atoms with Gasteiger partial charge in [-0.3, -0.25) is 0 Å². The molecular formula is C15H21N3O2S. The normalized spacial score (nSPS) is 20.1. The van der Waals surface area contributed by atoms with Crippen LogP contribution in [-0.4, -0.2) is 39.0 Å². The third-order valence-electron chi connectivity index (χ3n) is 3.79. The predicted molar refractivity (Wildman–Crippen MR) is 81.2 cm³/mol. The number of nitrogens with one attached hydrogen (secondary N) is 1. The first-order chi connectivity index (χ1) is 10.0. The number of nitrogens with zero attached hydrogens (tertiary/aromatic N) is 2. The Labute approximate surface area is 126 Å². The summed E-state index contributed by atoms with van der Waals surface area (Å²) in [6.45, 7) is 4.84. The van der Waals surface area contributed by atoms with Gasteiger partial charge in [0.15, 0.2) is 0 Å². The average Bonchev–Trinajstić information content (AvgIpc) is 2.48. The van der Waals surface area contributed by atoms with Crippen LogP contribution in [0.5, 0.6) is 0 Å². The number of piperidine rings is 1. The van der Waals surface area contributed by atoms with Gasteiger partial charge in [0.05, 0.1) is 17.4 Å². The highest BCUT2D eigenvalue weighted by Crippen LogP contribution is 2.15. The molecule has 0 saturated carbocycles. The molecule has 1 aliphatic rings. The summed E-state index contributed by atoms with van der Waals surface area (Å²) in [5.41, 5.74) is 0.825. The van der Waals surface area contributed by atoms with E-state index in [0.717, 1.165) is 38.0 Å². The van der Waals surface area contributed by atoms with Gasteiger partial charge in [-0.05, 0) is 43.6 Å². The van der Waals surface area contributed by atoms with Crippen molar-refractivity contribution in [3.05, 3.63) is 29.8 Å². The van der Waals surface area contributed by atoms with E-state index in [4.69, 9.17) is 5.26 Å². The highest BCUT2D eigenvalue weighted by atomic mass is 32.2. The van der Waals surface area contributed by atoms with Crippen molar-refractivity contribution in [2.45, 2.75) is 37.1 Å². The van der Waals surface area contributed by atoms with E-state index in [1.807, 2.05) is 6.07 Å². The van der Waals surface area contributed by atoms with E-state index in [2.05, 4.69) is 16.5 Å². The van der Waals surface area contributed by atoms with Crippen LogP contribution in [0.4, 0.5) is 0 Å². The molecule has 0 aromatic heterocycles. The van der Waals surface area contributed by atoms with Crippen LogP contribution in [0, 0.1) is 11.3 Å². The van der Waals surface area contributed by atoms with Crippen molar-refractivity contribution in [3.63, 3.8) is 0 Å². The molecule has 1 atom stereocenters. The Morgan fingerprint density at radius 2 is 2.10 bits per heavy atom. The molecule has 0 radical (unpaired) electrons. The molecule has 2 rings (SSSR count). The van der Waals surface area contributed by atoms with Crippen LogP contribution in [0.25, 0.3) is 0 Å². The molecule has 0 spiro atoms. The minimum atomic E-state index is -3.48. The maximum atomic E-state index is 12.4. The van der Waals surface area contributed by atoms with Crippen LogP contribution in [0.2, 0.25) is 0 Å². The van der Waals surface area contributed by atoms with Crippen LogP contribution < -0.4 is 4.72 Å². The van der Waals surface area contributed by atoms with Crippen LogP contribution in [-0.2, 0) is 16.4 Å². The molecule has 0 bridgehead atoms. The highest BCUT2D eigenvalue weighted by Gasteiger charge is 2.24. The number of rotatable bonds is 5. The quantitative estimate of drug-likeness (QED) is 0.895. The standard InChI is InChI=1S/C15H21N3O2S/c1-2-18-11-3-4-14(12-18)17-21(19,20)15-7-5-13(6-8-15)9-10-16/h5-8,14,17H,2-4,9,11-12H2,1H3. The fourth-order valence-corrected chi connectivity index (χ4v) is 3.87. The Bertz CT molecular complexity index is 605. The molecule has 5 nitrogen and oxygen atoms in total. The molecule has 114 valence electrons. The van der Waals surface area contributed by atoms with Gasteiger partial charge in [-0.15, -0.1) is 0 Å². The van der Waals surface area contributed by atoms with Crippen molar-refractivity contribution in [1.29, 1.82) is 5.26 Å². The molecule has 1 aromatic rings. The summed E-state index contributed by atoms with van der Waals surface area (Å²) in [7, 11) is -3.48. The highest BCUT2D eigenvalue weighted by molar-refractivity contribution is 7.89. The fraction of sp³-hybridized carbons (Fsp3) is 0.533. The predicted octanol–water partition coefficient (Wildman–Crippen LogP) is 1.52. The van der Waals surface area contributed by atoms with Crippen molar-refractivity contribution >= 4 is 10.0 Å². The van der Waals surface area contributed by atoms with Crippen molar-refractivity contribution in [1.82, 2.24) is 9.62 Å². The molecule has 0 aliphatic carbocycles. The van der Waals surface area contributed by atoms with Crippen molar-refractivity contribution in [3.8, 4) is 6.07 Å². The largest absolute Gasteiger partial charge is 0.302 e. The number of benzene rings is 1. The van der Waals surface area contributed by atoms with Crippen LogP contribution in [0.3, 0.4) is 0 Å². The van der Waals surface area contributed by atoms with Gasteiger partial charge >= 0.3 is 0 Å². The maximum Gasteiger partial charge on any atom is 0.240 e. The summed E-state index contributed by atoms with van der Waals surface area (Å²) in [5.74, 6) is 0. The molecule has 0 amide bonds. The van der Waals surface area contributed by atoms with Crippen LogP contribution in [0.15, 0.2) is 29.2 Å². The lowest BCUT2D eigenvalue weighted by atomic mass is 10.1. The summed E-state index contributed by atoms with van der Waals surface area (Å²) >= 11 is 0. The van der Waals surface area contributed by atoms with Crippen molar-refractivity contribution < 1.29 is 8.42 Å². The smallest absolute Gasteiger partial charge is 0.240 e. The Kier molecular flexibility index (Phi) is 5.34. The molecular weight excluding hydrogens is 286 g/mol. The Hall–Kier alpha value is -1.42. The number of likely N-dealkylation sites (tertiary alicyclic amines) is 1. The fourth-order valence-electron chi connectivity index (χ4n) is 2.60.